The van der Waals surface area contributed by atoms with Crippen molar-refractivity contribution in [3.63, 3.8) is 0 Å². The van der Waals surface area contributed by atoms with Gasteiger partial charge in [0.2, 0.25) is 0 Å². The maximum absolute atomic E-state index is 13.0. The third kappa shape index (κ3) is 3.70. The van der Waals surface area contributed by atoms with Crippen molar-refractivity contribution in [2.75, 3.05) is 36.0 Å². The molecule has 2 aromatic rings. The van der Waals surface area contributed by atoms with E-state index >= 15 is 0 Å². The fourth-order valence-corrected chi connectivity index (χ4v) is 7.59. The predicted octanol–water partition coefficient (Wildman–Crippen LogP) is 3.96. The number of ketones is 1. The van der Waals surface area contributed by atoms with Gasteiger partial charge in [0.25, 0.3) is 0 Å². The van der Waals surface area contributed by atoms with Gasteiger partial charge in [0, 0.05) is 35.9 Å². The van der Waals surface area contributed by atoms with Gasteiger partial charge in [-0.2, -0.15) is 0 Å². The monoisotopic (exact) mass is 446 g/mol. The summed E-state index contributed by atoms with van der Waals surface area (Å²) < 4.78 is 0. The molecule has 5 rings (SSSR count). The summed E-state index contributed by atoms with van der Waals surface area (Å²) in [5, 5.41) is 24.3. The van der Waals surface area contributed by atoms with Crippen LogP contribution < -0.4 is 9.80 Å². The lowest BCUT2D eigenvalue weighted by atomic mass is 9.98. The van der Waals surface area contributed by atoms with E-state index in [-0.39, 0.29) is 5.78 Å². The minimum Gasteiger partial charge on any atom is -0.391 e. The van der Waals surface area contributed by atoms with Crippen LogP contribution in [0.3, 0.4) is 0 Å². The third-order valence-electron chi connectivity index (χ3n) is 6.84. The first-order valence-electron chi connectivity index (χ1n) is 11.2. The predicted molar refractivity (Wildman–Crippen MR) is 123 cm³/mol. The summed E-state index contributed by atoms with van der Waals surface area (Å²) >= 11 is 3.22. The van der Waals surface area contributed by atoms with Crippen LogP contribution in [0.5, 0.6) is 0 Å². The molecule has 2 aliphatic heterocycles. The maximum atomic E-state index is 13.0. The number of piperidine rings is 2. The summed E-state index contributed by atoms with van der Waals surface area (Å²) in [7, 11) is 0. The van der Waals surface area contributed by atoms with E-state index in [0.29, 0.717) is 0 Å². The Morgan fingerprint density at radius 1 is 0.733 bits per heavy atom. The van der Waals surface area contributed by atoms with Crippen molar-refractivity contribution in [2.45, 2.75) is 62.6 Å². The molecule has 3 aliphatic rings. The topological polar surface area (TPSA) is 64.0 Å². The molecule has 2 saturated heterocycles. The van der Waals surface area contributed by atoms with Gasteiger partial charge < -0.3 is 20.0 Å². The van der Waals surface area contributed by atoms with Crippen LogP contribution in [0.25, 0.3) is 0 Å². The van der Waals surface area contributed by atoms with Crippen LogP contribution in [0.15, 0.2) is 24.3 Å². The number of hydrogen-bond donors (Lipinski definition) is 2. The quantitative estimate of drug-likeness (QED) is 0.744. The summed E-state index contributed by atoms with van der Waals surface area (Å²) in [5.74, 6) is -1.41. The average Bonchev–Trinajstić information content (AvgIpc) is 3.49. The number of hydrogen-bond acceptors (Lipinski definition) is 7. The summed E-state index contributed by atoms with van der Waals surface area (Å²) in [6, 6.07) is 8.13. The van der Waals surface area contributed by atoms with E-state index in [1.807, 2.05) is 12.1 Å². The van der Waals surface area contributed by atoms with E-state index < -0.39 is 24.0 Å². The first-order chi connectivity index (χ1) is 14.6. The molecule has 0 spiro atoms. The van der Waals surface area contributed by atoms with Gasteiger partial charge >= 0.3 is 0 Å². The van der Waals surface area contributed by atoms with E-state index in [9.17, 15) is 15.0 Å². The van der Waals surface area contributed by atoms with Crippen molar-refractivity contribution in [1.29, 1.82) is 0 Å². The molecular formula is C23H30N2O3S2. The van der Waals surface area contributed by atoms with Gasteiger partial charge in [-0.15, -0.1) is 22.7 Å². The molecule has 0 radical (unpaired) electrons. The highest BCUT2D eigenvalue weighted by atomic mass is 32.1. The molecule has 5 nitrogen and oxygen atoms in total. The number of carbonyl (C=O) groups excluding carboxylic acids is 1. The average molecular weight is 447 g/mol. The Hall–Kier alpha value is -1.41. The van der Waals surface area contributed by atoms with Crippen molar-refractivity contribution < 1.29 is 15.0 Å². The zero-order valence-electron chi connectivity index (χ0n) is 17.2. The lowest BCUT2D eigenvalue weighted by Gasteiger charge is -2.27. The maximum Gasteiger partial charge on any atom is 0.172 e. The SMILES string of the molecule is O=C1C(O)C(c2ccc(N3CCCCC3)s2)C(O)C1c1ccc(N2CCCCC2)s1. The van der Waals surface area contributed by atoms with E-state index in [2.05, 4.69) is 21.9 Å². The van der Waals surface area contributed by atoms with Gasteiger partial charge in [-0.1, -0.05) is 0 Å². The van der Waals surface area contributed by atoms with Crippen molar-refractivity contribution in [1.82, 2.24) is 0 Å². The van der Waals surface area contributed by atoms with Gasteiger partial charge in [0.05, 0.1) is 27.9 Å². The van der Waals surface area contributed by atoms with Crippen LogP contribution >= 0.6 is 22.7 Å². The summed E-state index contributed by atoms with van der Waals surface area (Å²) in [4.78, 5) is 19.5. The fraction of sp³-hybridized carbons (Fsp3) is 0.609. The second kappa shape index (κ2) is 8.61. The first kappa shape index (κ1) is 20.5. The Labute approximate surface area is 185 Å². The Balaban J connectivity index is 1.36. The molecule has 4 unspecified atom stereocenters. The van der Waals surface area contributed by atoms with Crippen LogP contribution in [0.1, 0.15) is 60.1 Å². The lowest BCUT2D eigenvalue weighted by molar-refractivity contribution is -0.125. The molecule has 1 saturated carbocycles. The highest BCUT2D eigenvalue weighted by molar-refractivity contribution is 7.16. The van der Waals surface area contributed by atoms with Crippen molar-refractivity contribution in [2.24, 2.45) is 0 Å². The molecular weight excluding hydrogens is 416 g/mol. The van der Waals surface area contributed by atoms with Crippen molar-refractivity contribution in [3.05, 3.63) is 34.0 Å². The minimum absolute atomic E-state index is 0.243. The number of Topliss-reactive ketones (excluding diaryl/α,β-unsaturated/α-hetero) is 1. The highest BCUT2D eigenvalue weighted by Gasteiger charge is 2.51. The highest BCUT2D eigenvalue weighted by Crippen LogP contribution is 2.47. The molecule has 0 bridgehead atoms. The first-order valence-corrected chi connectivity index (χ1v) is 12.9. The zero-order valence-corrected chi connectivity index (χ0v) is 18.8. The summed E-state index contributed by atoms with van der Waals surface area (Å²) in [6.07, 6.45) is 5.37. The number of anilines is 2. The van der Waals surface area contributed by atoms with Crippen LogP contribution in [0.2, 0.25) is 0 Å². The Kier molecular flexibility index (Phi) is 5.88. The standard InChI is InChI=1S/C23H30N2O3S2/c26-21-19(15-7-9-17(29-15)24-11-3-1-4-12-24)22(27)23(28)20(21)16-8-10-18(30-16)25-13-5-2-6-14-25/h7-10,19-22,26-27H,1-6,11-14H2. The van der Waals surface area contributed by atoms with Crippen LogP contribution in [-0.4, -0.2) is 54.4 Å². The van der Waals surface area contributed by atoms with Gasteiger partial charge in [-0.05, 0) is 62.8 Å². The second-order valence-corrected chi connectivity index (χ2v) is 11.0. The Bertz CT molecular complexity index is 883. The molecule has 4 heterocycles. The fourth-order valence-electron chi connectivity index (χ4n) is 5.15. The lowest BCUT2D eigenvalue weighted by Crippen LogP contribution is -2.28. The Morgan fingerprint density at radius 2 is 1.23 bits per heavy atom. The molecule has 0 amide bonds. The molecule has 7 heteroatoms. The van der Waals surface area contributed by atoms with Crippen molar-refractivity contribution >= 4 is 38.5 Å². The molecule has 30 heavy (non-hydrogen) atoms. The van der Waals surface area contributed by atoms with Crippen LogP contribution in [0.4, 0.5) is 10.0 Å². The molecule has 162 valence electrons. The normalized spacial score (nSPS) is 30.3. The number of carbonyl (C=O) groups is 1. The molecule has 4 atom stereocenters. The number of thiophene rings is 2. The number of rotatable bonds is 4. The van der Waals surface area contributed by atoms with Gasteiger partial charge in [0.15, 0.2) is 5.78 Å². The molecule has 2 N–H and O–H groups in total. The van der Waals surface area contributed by atoms with Crippen LogP contribution in [0, 0.1) is 0 Å². The van der Waals surface area contributed by atoms with Crippen molar-refractivity contribution in [3.8, 4) is 0 Å². The molecule has 1 aliphatic carbocycles. The van der Waals surface area contributed by atoms with E-state index in [4.69, 9.17) is 0 Å². The van der Waals surface area contributed by atoms with E-state index in [1.165, 1.54) is 48.5 Å². The molecule has 2 aromatic heterocycles. The summed E-state index contributed by atoms with van der Waals surface area (Å²) in [6.45, 7) is 4.24. The third-order valence-corrected chi connectivity index (χ3v) is 9.32. The van der Waals surface area contributed by atoms with Gasteiger partial charge in [-0.25, -0.2) is 0 Å². The number of aliphatic hydroxyl groups is 2. The number of aliphatic hydroxyl groups excluding tert-OH is 2. The van der Waals surface area contributed by atoms with Gasteiger partial charge in [0.1, 0.15) is 6.10 Å². The van der Waals surface area contributed by atoms with E-state index in [0.717, 1.165) is 35.9 Å². The zero-order chi connectivity index (χ0) is 20.7. The second-order valence-electron chi connectivity index (χ2n) is 8.79. The molecule has 0 aromatic carbocycles. The van der Waals surface area contributed by atoms with Gasteiger partial charge in [-0.3, -0.25) is 4.79 Å². The van der Waals surface area contributed by atoms with Crippen LogP contribution in [-0.2, 0) is 4.79 Å². The molecule has 3 fully saturated rings. The largest absolute Gasteiger partial charge is 0.391 e. The minimum atomic E-state index is -1.14. The summed E-state index contributed by atoms with van der Waals surface area (Å²) in [5.41, 5.74) is 0. The smallest absolute Gasteiger partial charge is 0.172 e. The van der Waals surface area contributed by atoms with E-state index in [1.54, 1.807) is 22.7 Å². The number of nitrogens with zero attached hydrogens (tertiary/aromatic N) is 2. The Morgan fingerprint density at radius 3 is 1.80 bits per heavy atom.